The number of nitrogens with zero attached hydrogens (tertiary/aromatic N) is 3. The van der Waals surface area contributed by atoms with Crippen LogP contribution in [0, 0.1) is 13.8 Å². The molecule has 0 unspecified atom stereocenters. The Morgan fingerprint density at radius 3 is 2.32 bits per heavy atom. The molecule has 0 atom stereocenters. The van der Waals surface area contributed by atoms with Crippen molar-refractivity contribution in [2.24, 2.45) is 10.2 Å². The maximum Gasteiger partial charge on any atom is 0.186 e. The van der Waals surface area contributed by atoms with Crippen LogP contribution in [-0.4, -0.2) is 47.7 Å². The lowest BCUT2D eigenvalue weighted by Gasteiger charge is -2.11. The summed E-state index contributed by atoms with van der Waals surface area (Å²) in [4.78, 5) is 0. The normalized spacial score (nSPS) is 11.2. The Balaban J connectivity index is 0.00000165. The number of rotatable bonds is 9. The van der Waals surface area contributed by atoms with Crippen molar-refractivity contribution < 1.29 is 0 Å². The summed E-state index contributed by atoms with van der Waals surface area (Å²) < 4.78 is 2.35. The number of hydrogen-bond acceptors (Lipinski definition) is 5. The maximum absolute atomic E-state index is 5.12. The van der Waals surface area contributed by atoms with Gasteiger partial charge in [0.2, 0.25) is 0 Å². The minimum Gasteiger partial charge on any atom is -0.385 e. The van der Waals surface area contributed by atoms with Crippen LogP contribution in [0.4, 0.5) is 0 Å². The van der Waals surface area contributed by atoms with E-state index in [9.17, 15) is 0 Å². The highest BCUT2D eigenvalue weighted by molar-refractivity contribution is 7.80. The van der Waals surface area contributed by atoms with Gasteiger partial charge < -0.3 is 20.6 Å². The van der Waals surface area contributed by atoms with Gasteiger partial charge in [-0.25, -0.2) is 0 Å². The van der Waals surface area contributed by atoms with Crippen LogP contribution in [0.15, 0.2) is 16.3 Å². The third kappa shape index (κ3) is 8.79. The van der Waals surface area contributed by atoms with E-state index in [1.807, 2.05) is 6.92 Å². The molecule has 9 heteroatoms. The van der Waals surface area contributed by atoms with Crippen molar-refractivity contribution in [2.45, 2.75) is 53.5 Å². The Labute approximate surface area is 180 Å². The molecule has 0 bridgehead atoms. The molecule has 1 aromatic rings. The standard InChI is InChI=1S/C17H30N6S.C2H5NS/c1-7-8-9-10-23-12(2)11-15(14(23)4)16(13(3)20-19-6)21-22-17(24)18-5;1-3-2-4/h11,19H,7-10H2,1-6H3,(H2,18,22,24);2H,1H3,(H,3,4)/b20-13+,21-16-;. The van der Waals surface area contributed by atoms with Gasteiger partial charge in [0.25, 0.3) is 0 Å². The first-order valence-corrected chi connectivity index (χ1v) is 10.3. The molecule has 0 spiro atoms. The van der Waals surface area contributed by atoms with Gasteiger partial charge in [0.15, 0.2) is 5.11 Å². The highest BCUT2D eigenvalue weighted by atomic mass is 32.1. The van der Waals surface area contributed by atoms with Gasteiger partial charge in [-0.05, 0) is 45.5 Å². The zero-order valence-corrected chi connectivity index (χ0v) is 19.8. The second-order valence-electron chi connectivity index (χ2n) is 6.12. The molecule has 0 aliphatic carbocycles. The fourth-order valence-electron chi connectivity index (χ4n) is 2.62. The van der Waals surface area contributed by atoms with Crippen molar-refractivity contribution in [3.05, 3.63) is 23.0 Å². The number of unbranched alkanes of at least 4 members (excludes halogenated alkanes) is 2. The topological polar surface area (TPSA) is 77.8 Å². The van der Waals surface area contributed by atoms with Crippen LogP contribution >= 0.6 is 24.4 Å². The van der Waals surface area contributed by atoms with Crippen molar-refractivity contribution in [2.75, 3.05) is 21.1 Å². The van der Waals surface area contributed by atoms with Crippen LogP contribution in [-0.2, 0) is 6.54 Å². The van der Waals surface area contributed by atoms with Crippen molar-refractivity contribution in [1.82, 2.24) is 26.1 Å². The summed E-state index contributed by atoms with van der Waals surface area (Å²) >= 11 is 9.44. The fourth-order valence-corrected chi connectivity index (χ4v) is 2.67. The molecule has 0 saturated carbocycles. The second-order valence-corrected chi connectivity index (χ2v) is 6.77. The molecule has 0 aliphatic heterocycles. The Bertz CT molecular complexity index is 678. The average molecular weight is 426 g/mol. The SMILES string of the molecule is CCCCCn1c(C)cc(C(=N\NC(=S)NC)/C(C)=N/NC)c1C.CNC=S. The molecule has 0 fully saturated rings. The Kier molecular flexibility index (Phi) is 13.9. The molecule has 1 heterocycles. The molecule has 28 heavy (non-hydrogen) atoms. The van der Waals surface area contributed by atoms with Crippen LogP contribution < -0.4 is 21.5 Å². The Morgan fingerprint density at radius 2 is 1.82 bits per heavy atom. The summed E-state index contributed by atoms with van der Waals surface area (Å²) in [6.45, 7) is 9.45. The molecule has 1 aromatic heterocycles. The molecule has 158 valence electrons. The van der Waals surface area contributed by atoms with Gasteiger partial charge in [-0.2, -0.15) is 10.2 Å². The molecule has 0 aliphatic rings. The minimum absolute atomic E-state index is 0.474. The summed E-state index contributed by atoms with van der Waals surface area (Å²) in [5, 5.41) is 14.7. The predicted molar refractivity (Wildman–Crippen MR) is 130 cm³/mol. The molecule has 0 aromatic carbocycles. The number of aromatic nitrogens is 1. The summed E-state index contributed by atoms with van der Waals surface area (Å²) in [6, 6.07) is 2.17. The van der Waals surface area contributed by atoms with Gasteiger partial charge in [-0.1, -0.05) is 32.0 Å². The second kappa shape index (κ2) is 15.0. The molecule has 1 rings (SSSR count). The van der Waals surface area contributed by atoms with Gasteiger partial charge in [0, 0.05) is 44.6 Å². The van der Waals surface area contributed by atoms with Crippen LogP contribution in [0.1, 0.15) is 50.1 Å². The minimum atomic E-state index is 0.474. The third-order valence-electron chi connectivity index (χ3n) is 4.05. The Morgan fingerprint density at radius 1 is 1.18 bits per heavy atom. The molecule has 0 saturated heterocycles. The van der Waals surface area contributed by atoms with Crippen LogP contribution in [0.2, 0.25) is 0 Å². The molecular weight excluding hydrogens is 390 g/mol. The number of hydrogen-bond donors (Lipinski definition) is 4. The van der Waals surface area contributed by atoms with E-state index in [1.54, 1.807) is 21.1 Å². The first-order chi connectivity index (χ1) is 13.4. The van der Waals surface area contributed by atoms with E-state index in [0.717, 1.165) is 23.5 Å². The molecule has 7 nitrogen and oxygen atoms in total. The van der Waals surface area contributed by atoms with Crippen LogP contribution in [0.5, 0.6) is 0 Å². The summed E-state index contributed by atoms with van der Waals surface area (Å²) in [6.07, 6.45) is 3.65. The van der Waals surface area contributed by atoms with E-state index >= 15 is 0 Å². The third-order valence-corrected chi connectivity index (χ3v) is 4.58. The molecular formula is C19H35N7S2. The van der Waals surface area contributed by atoms with E-state index in [4.69, 9.17) is 12.2 Å². The number of thiocarbonyl (C=S) groups is 2. The van der Waals surface area contributed by atoms with Gasteiger partial charge in [0.1, 0.15) is 5.71 Å². The zero-order valence-electron chi connectivity index (χ0n) is 18.1. The van der Waals surface area contributed by atoms with Gasteiger partial charge in [-0.3, -0.25) is 5.43 Å². The average Bonchev–Trinajstić information content (AvgIpc) is 2.96. The Hall–Kier alpha value is -2.00. The van der Waals surface area contributed by atoms with Crippen molar-refractivity contribution in [3.63, 3.8) is 0 Å². The first-order valence-electron chi connectivity index (χ1n) is 9.42. The van der Waals surface area contributed by atoms with Gasteiger partial charge in [-0.15, -0.1) is 0 Å². The summed E-state index contributed by atoms with van der Waals surface area (Å²) in [5.74, 6) is 0. The highest BCUT2D eigenvalue weighted by Gasteiger charge is 2.17. The fraction of sp³-hybridized carbons (Fsp3) is 0.579. The monoisotopic (exact) mass is 425 g/mol. The molecule has 0 radical (unpaired) electrons. The lowest BCUT2D eigenvalue weighted by Crippen LogP contribution is -2.31. The maximum atomic E-state index is 5.12. The van der Waals surface area contributed by atoms with E-state index in [1.165, 1.54) is 36.1 Å². The van der Waals surface area contributed by atoms with E-state index in [2.05, 4.69) is 75.3 Å². The van der Waals surface area contributed by atoms with E-state index in [0.29, 0.717) is 5.11 Å². The van der Waals surface area contributed by atoms with Crippen LogP contribution in [0.25, 0.3) is 0 Å². The smallest absolute Gasteiger partial charge is 0.186 e. The number of aryl methyl sites for hydroxylation is 1. The largest absolute Gasteiger partial charge is 0.385 e. The summed E-state index contributed by atoms with van der Waals surface area (Å²) in [7, 11) is 5.31. The van der Waals surface area contributed by atoms with E-state index in [-0.39, 0.29) is 0 Å². The number of nitrogens with one attached hydrogen (secondary N) is 4. The van der Waals surface area contributed by atoms with Gasteiger partial charge >= 0.3 is 0 Å². The summed E-state index contributed by atoms with van der Waals surface area (Å²) in [5.41, 5.74) is 12.3. The van der Waals surface area contributed by atoms with Crippen molar-refractivity contribution in [1.29, 1.82) is 0 Å². The molecule has 0 amide bonds. The highest BCUT2D eigenvalue weighted by Crippen LogP contribution is 2.18. The quantitative estimate of drug-likeness (QED) is 0.211. The van der Waals surface area contributed by atoms with Crippen molar-refractivity contribution >= 4 is 46.5 Å². The van der Waals surface area contributed by atoms with Gasteiger partial charge in [0.05, 0.1) is 11.2 Å². The lowest BCUT2D eigenvalue weighted by atomic mass is 10.1. The van der Waals surface area contributed by atoms with E-state index < -0.39 is 0 Å². The van der Waals surface area contributed by atoms with Crippen LogP contribution in [0.3, 0.4) is 0 Å². The lowest BCUT2D eigenvalue weighted by molar-refractivity contribution is 0.584. The predicted octanol–water partition coefficient (Wildman–Crippen LogP) is 2.85. The molecule has 4 N–H and O–H groups in total. The van der Waals surface area contributed by atoms with Crippen molar-refractivity contribution in [3.8, 4) is 0 Å². The zero-order chi connectivity index (χ0) is 21.5. The first kappa shape index (κ1) is 26.0. The number of hydrazone groups is 2.